The largest absolute Gasteiger partial charge is 0.266 e. The molecule has 0 spiro atoms. The summed E-state index contributed by atoms with van der Waals surface area (Å²) in [4.78, 5) is 3.87. The number of rotatable bonds is 0. The second kappa shape index (κ2) is 2.29. The Morgan fingerprint density at radius 3 is 2.57 bits per heavy atom. The third-order valence-corrected chi connectivity index (χ3v) is 3.04. The topological polar surface area (TPSA) is 17.8 Å². The average molecular weight is 320 g/mol. The number of nitrogens with zero attached hydrogens (tertiary/aromatic N) is 2. The van der Waals surface area contributed by atoms with Crippen molar-refractivity contribution in [2.24, 2.45) is 0 Å². The summed E-state index contributed by atoms with van der Waals surface area (Å²) in [6.07, 6.45) is 3.58. The molecule has 1 rings (SSSR count). The molecule has 7 heavy (non-hydrogen) atoms. The van der Waals surface area contributed by atoms with Crippen LogP contribution < -0.4 is 0 Å². The highest BCUT2D eigenvalue weighted by molar-refractivity contribution is 14.1. The van der Waals surface area contributed by atoms with Gasteiger partial charge in [-0.3, -0.25) is 2.78 Å². The third-order valence-electron chi connectivity index (χ3n) is 0.553. The molecule has 0 saturated carbocycles. The van der Waals surface area contributed by atoms with Gasteiger partial charge in [0, 0.05) is 0 Å². The highest BCUT2D eigenvalue weighted by atomic mass is 127. The van der Waals surface area contributed by atoms with Crippen LogP contribution in [0.15, 0.2) is 12.5 Å². The van der Waals surface area contributed by atoms with E-state index < -0.39 is 0 Å². The van der Waals surface area contributed by atoms with E-state index in [1.54, 1.807) is 6.33 Å². The van der Waals surface area contributed by atoms with E-state index in [9.17, 15) is 0 Å². The van der Waals surface area contributed by atoms with Crippen molar-refractivity contribution in [2.45, 2.75) is 0 Å². The van der Waals surface area contributed by atoms with Crippen LogP contribution in [0.2, 0.25) is 0 Å². The van der Waals surface area contributed by atoms with E-state index in [1.807, 2.05) is 8.98 Å². The second-order valence-electron chi connectivity index (χ2n) is 1.03. The minimum Gasteiger partial charge on any atom is -0.266 e. The molecule has 0 aliphatic carbocycles. The Hall–Kier alpha value is 0.670. The normalized spacial score (nSPS) is 9.43. The maximum atomic E-state index is 3.87. The van der Waals surface area contributed by atoms with Crippen molar-refractivity contribution >= 4 is 45.5 Å². The van der Waals surface area contributed by atoms with Gasteiger partial charge in [-0.1, -0.05) is 0 Å². The molecule has 4 heteroatoms. The van der Waals surface area contributed by atoms with Crippen molar-refractivity contribution in [3.63, 3.8) is 0 Å². The number of aromatic nitrogens is 2. The van der Waals surface area contributed by atoms with Crippen molar-refractivity contribution in [3.8, 4) is 0 Å². The van der Waals surface area contributed by atoms with E-state index >= 15 is 0 Å². The van der Waals surface area contributed by atoms with Gasteiger partial charge in [-0.25, -0.2) is 4.98 Å². The first-order valence-electron chi connectivity index (χ1n) is 1.64. The van der Waals surface area contributed by atoms with Gasteiger partial charge in [0.15, 0.2) is 0 Å². The van der Waals surface area contributed by atoms with Gasteiger partial charge in [-0.2, -0.15) is 0 Å². The monoisotopic (exact) mass is 320 g/mol. The van der Waals surface area contributed by atoms with Crippen LogP contribution >= 0.6 is 45.5 Å². The molecule has 0 unspecified atom stereocenters. The van der Waals surface area contributed by atoms with E-state index in [4.69, 9.17) is 0 Å². The lowest BCUT2D eigenvalue weighted by atomic mass is 11.0. The zero-order valence-electron chi connectivity index (χ0n) is 3.31. The van der Waals surface area contributed by atoms with Crippen LogP contribution in [0, 0.1) is 3.70 Å². The highest BCUT2D eigenvalue weighted by Crippen LogP contribution is 2.04. The fourth-order valence-electron chi connectivity index (χ4n) is 0.264. The number of halogens is 2. The van der Waals surface area contributed by atoms with Gasteiger partial charge in [0.2, 0.25) is 0 Å². The zero-order valence-corrected chi connectivity index (χ0v) is 7.62. The summed E-state index contributed by atoms with van der Waals surface area (Å²) in [7, 11) is 0. The first kappa shape index (κ1) is 5.80. The Labute approximate surface area is 69.0 Å². The number of hydrogen-bond acceptors (Lipinski definition) is 1. The van der Waals surface area contributed by atoms with Crippen molar-refractivity contribution < 1.29 is 0 Å². The maximum Gasteiger partial charge on any atom is 0.109 e. The minimum absolute atomic E-state index is 1.15. The smallest absolute Gasteiger partial charge is 0.109 e. The lowest BCUT2D eigenvalue weighted by Crippen LogP contribution is -1.73. The Morgan fingerprint density at radius 1 is 1.71 bits per heavy atom. The first-order valence-corrected chi connectivity index (χ1v) is 3.69. The van der Waals surface area contributed by atoms with Gasteiger partial charge < -0.3 is 0 Å². The van der Waals surface area contributed by atoms with E-state index in [0.717, 1.165) is 3.70 Å². The predicted octanol–water partition coefficient (Wildman–Crippen LogP) is 1.69. The molecule has 2 nitrogen and oxygen atoms in total. The maximum absolute atomic E-state index is 3.87. The molecular formula is C3H2I2N2. The molecule has 0 bridgehead atoms. The highest BCUT2D eigenvalue weighted by Gasteiger charge is 1.87. The molecule has 0 aromatic carbocycles. The molecule has 38 valence electrons. The molecule has 0 amide bonds. The quantitative estimate of drug-likeness (QED) is 0.665. The van der Waals surface area contributed by atoms with Crippen LogP contribution in [0.3, 0.4) is 0 Å². The van der Waals surface area contributed by atoms with E-state index in [-0.39, 0.29) is 0 Å². The van der Waals surface area contributed by atoms with Crippen molar-refractivity contribution in [1.82, 2.24) is 7.76 Å². The molecule has 0 radical (unpaired) electrons. The van der Waals surface area contributed by atoms with Gasteiger partial charge >= 0.3 is 0 Å². The van der Waals surface area contributed by atoms with Crippen LogP contribution in [0.4, 0.5) is 0 Å². The molecule has 0 atom stereocenters. The molecule has 1 aromatic rings. The van der Waals surface area contributed by atoms with E-state index in [0.29, 0.717) is 0 Å². The molecule has 1 aromatic heterocycles. The van der Waals surface area contributed by atoms with Crippen LogP contribution in [0.1, 0.15) is 0 Å². The van der Waals surface area contributed by atoms with Crippen molar-refractivity contribution in [3.05, 3.63) is 16.2 Å². The summed E-state index contributed by atoms with van der Waals surface area (Å²) in [6, 6.07) is 0. The number of imidazole rings is 1. The zero-order chi connectivity index (χ0) is 5.28. The van der Waals surface area contributed by atoms with Crippen LogP contribution in [0.5, 0.6) is 0 Å². The van der Waals surface area contributed by atoms with Gasteiger partial charge in [-0.15, -0.1) is 0 Å². The molecule has 0 saturated heterocycles. The van der Waals surface area contributed by atoms with Crippen LogP contribution in [0.25, 0.3) is 0 Å². The fraction of sp³-hybridized carbons (Fsp3) is 0. The molecule has 0 aliphatic heterocycles. The van der Waals surface area contributed by atoms with E-state index in [2.05, 4.69) is 50.4 Å². The fourth-order valence-corrected chi connectivity index (χ4v) is 0.817. The van der Waals surface area contributed by atoms with Gasteiger partial charge in [0.05, 0.1) is 29.1 Å². The van der Waals surface area contributed by atoms with Crippen LogP contribution in [-0.4, -0.2) is 7.76 Å². The summed E-state index contributed by atoms with van der Waals surface area (Å²) in [5, 5.41) is 0. The SMILES string of the molecule is Ic1cncn1I. The second-order valence-corrected chi connectivity index (χ2v) is 3.17. The average Bonchev–Trinajstić information content (AvgIpc) is 1.91. The van der Waals surface area contributed by atoms with Crippen molar-refractivity contribution in [2.75, 3.05) is 0 Å². The predicted molar refractivity (Wildman–Crippen MR) is 44.4 cm³/mol. The third kappa shape index (κ3) is 1.28. The summed E-state index contributed by atoms with van der Waals surface area (Å²) < 4.78 is 3.08. The minimum atomic E-state index is 1.15. The van der Waals surface area contributed by atoms with Gasteiger partial charge in [-0.05, 0) is 22.6 Å². The summed E-state index contributed by atoms with van der Waals surface area (Å²) >= 11 is 4.38. The van der Waals surface area contributed by atoms with E-state index in [1.165, 1.54) is 0 Å². The summed E-state index contributed by atoms with van der Waals surface area (Å²) in [5.41, 5.74) is 0. The van der Waals surface area contributed by atoms with Crippen LogP contribution in [-0.2, 0) is 0 Å². The Bertz CT molecular complexity index is 143. The first-order chi connectivity index (χ1) is 3.30. The molecule has 0 fully saturated rings. The van der Waals surface area contributed by atoms with Crippen molar-refractivity contribution in [1.29, 1.82) is 0 Å². The lowest BCUT2D eigenvalue weighted by Gasteiger charge is -1.81. The van der Waals surface area contributed by atoms with Gasteiger partial charge in [0.25, 0.3) is 0 Å². The Balaban J connectivity index is 3.12. The van der Waals surface area contributed by atoms with Gasteiger partial charge in [0.1, 0.15) is 10.0 Å². The summed E-state index contributed by atoms with van der Waals surface area (Å²) in [5.74, 6) is 0. The Morgan fingerprint density at radius 2 is 2.43 bits per heavy atom. The molecule has 1 heterocycles. The lowest BCUT2D eigenvalue weighted by molar-refractivity contribution is 1.26. The number of hydrogen-bond donors (Lipinski definition) is 0. The molecule has 0 aliphatic rings. The standard InChI is InChI=1S/C3H2I2N2/c4-3-1-6-2-7(3)5/h1-2H. The molecular weight excluding hydrogens is 318 g/mol. The molecule has 0 N–H and O–H groups in total. The Kier molecular flexibility index (Phi) is 1.90. The summed E-state index contributed by atoms with van der Waals surface area (Å²) in [6.45, 7) is 0.